The maximum atomic E-state index is 14.7. The minimum atomic E-state index is -4.86. The summed E-state index contributed by atoms with van der Waals surface area (Å²) in [5.74, 6) is -1.43. The van der Waals surface area contributed by atoms with E-state index in [4.69, 9.17) is 0 Å². The summed E-state index contributed by atoms with van der Waals surface area (Å²) < 4.78 is 56.8. The van der Waals surface area contributed by atoms with E-state index in [2.05, 4.69) is 10.4 Å². The lowest BCUT2D eigenvalue weighted by molar-refractivity contribution is -0.140. The molecule has 2 atom stereocenters. The molecule has 0 bridgehead atoms. The van der Waals surface area contributed by atoms with Crippen molar-refractivity contribution >= 4 is 22.5 Å². The zero-order valence-electron chi connectivity index (χ0n) is 20.1. The van der Waals surface area contributed by atoms with Crippen LogP contribution in [0.15, 0.2) is 40.1 Å². The Labute approximate surface area is 203 Å². The highest BCUT2D eigenvalue weighted by Crippen LogP contribution is 2.35. The normalized spacial score (nSPS) is 19.1. The molecule has 192 valence electrons. The number of amides is 1. The molecular formula is C24H25F4N5O3. The first-order chi connectivity index (χ1) is 16.7. The van der Waals surface area contributed by atoms with Gasteiger partial charge in [-0.15, -0.1) is 0 Å². The van der Waals surface area contributed by atoms with Gasteiger partial charge >= 0.3 is 6.18 Å². The van der Waals surface area contributed by atoms with Crippen molar-refractivity contribution < 1.29 is 22.4 Å². The number of carbonyl (C=O) groups excluding carboxylic acids is 1. The van der Waals surface area contributed by atoms with Crippen molar-refractivity contribution in [1.82, 2.24) is 19.2 Å². The molecule has 1 aliphatic rings. The Hall–Kier alpha value is -3.70. The average molecular weight is 507 g/mol. The number of nitrogens with zero attached hydrogens (tertiary/aromatic N) is 4. The van der Waals surface area contributed by atoms with E-state index in [0.29, 0.717) is 25.6 Å². The van der Waals surface area contributed by atoms with Gasteiger partial charge in [-0.3, -0.25) is 14.4 Å². The molecule has 1 aromatic carbocycles. The Morgan fingerprint density at radius 1 is 1.22 bits per heavy atom. The zero-order valence-corrected chi connectivity index (χ0v) is 20.1. The smallest absolute Gasteiger partial charge is 0.361 e. The molecule has 1 fully saturated rings. The van der Waals surface area contributed by atoms with Gasteiger partial charge in [0.25, 0.3) is 11.1 Å². The molecule has 3 heterocycles. The van der Waals surface area contributed by atoms with Crippen molar-refractivity contribution in [2.75, 3.05) is 18.4 Å². The number of hydrogen-bond donors (Lipinski definition) is 1. The van der Waals surface area contributed by atoms with Gasteiger partial charge in [-0.1, -0.05) is 12.1 Å². The van der Waals surface area contributed by atoms with E-state index in [1.807, 2.05) is 6.92 Å². The lowest BCUT2D eigenvalue weighted by Gasteiger charge is -2.28. The van der Waals surface area contributed by atoms with Gasteiger partial charge in [0.2, 0.25) is 5.91 Å². The number of hydrogen-bond acceptors (Lipinski definition) is 5. The Kier molecular flexibility index (Phi) is 6.17. The van der Waals surface area contributed by atoms with Gasteiger partial charge in [0.1, 0.15) is 5.82 Å². The lowest BCUT2D eigenvalue weighted by atomic mass is 10.0. The Morgan fingerprint density at radius 2 is 1.92 bits per heavy atom. The maximum absolute atomic E-state index is 14.7. The molecule has 1 unspecified atom stereocenters. The van der Waals surface area contributed by atoms with Gasteiger partial charge in [-0.2, -0.15) is 18.3 Å². The van der Waals surface area contributed by atoms with Gasteiger partial charge in [0.05, 0.1) is 22.5 Å². The molecule has 8 nitrogen and oxygen atoms in total. The second kappa shape index (κ2) is 8.75. The van der Waals surface area contributed by atoms with Crippen LogP contribution >= 0.6 is 0 Å². The summed E-state index contributed by atoms with van der Waals surface area (Å²) >= 11 is 0. The maximum Gasteiger partial charge on any atom is 0.419 e. The first-order valence-electron chi connectivity index (χ1n) is 11.2. The highest BCUT2D eigenvalue weighted by Gasteiger charge is 2.38. The SMILES string of the molecule is CC(=O)N1CCC(C)(n2cc3c(N[C@H](C)c4cccc(C(F)(F)F)c4F)nn(C)c(=O)c3cc2=O)C1. The van der Waals surface area contributed by atoms with Gasteiger partial charge in [0, 0.05) is 50.3 Å². The molecule has 1 aliphatic heterocycles. The fourth-order valence-corrected chi connectivity index (χ4v) is 4.65. The van der Waals surface area contributed by atoms with Crippen LogP contribution < -0.4 is 16.4 Å². The molecule has 0 aliphatic carbocycles. The Morgan fingerprint density at radius 3 is 2.53 bits per heavy atom. The van der Waals surface area contributed by atoms with E-state index >= 15 is 0 Å². The molecule has 12 heteroatoms. The number of benzene rings is 1. The quantitative estimate of drug-likeness (QED) is 0.547. The summed E-state index contributed by atoms with van der Waals surface area (Å²) in [5.41, 5.74) is -3.35. The number of carbonyl (C=O) groups is 1. The molecule has 4 rings (SSSR count). The van der Waals surface area contributed by atoms with Crippen LogP contribution in [0.5, 0.6) is 0 Å². The third-order valence-corrected chi connectivity index (χ3v) is 6.72. The highest BCUT2D eigenvalue weighted by atomic mass is 19.4. The number of aryl methyl sites for hydroxylation is 1. The summed E-state index contributed by atoms with van der Waals surface area (Å²) in [6, 6.07) is 3.23. The molecule has 0 spiro atoms. The van der Waals surface area contributed by atoms with Crippen LogP contribution in [0.4, 0.5) is 23.4 Å². The number of rotatable bonds is 4. The van der Waals surface area contributed by atoms with Crippen molar-refractivity contribution in [1.29, 1.82) is 0 Å². The molecular weight excluding hydrogens is 482 g/mol. The van der Waals surface area contributed by atoms with Crippen LogP contribution in [0.25, 0.3) is 10.8 Å². The predicted octanol–water partition coefficient (Wildman–Crippen LogP) is 3.39. The Balaban J connectivity index is 1.82. The summed E-state index contributed by atoms with van der Waals surface area (Å²) in [4.78, 5) is 39.2. The summed E-state index contributed by atoms with van der Waals surface area (Å²) in [6.07, 6.45) is -2.89. The fourth-order valence-electron chi connectivity index (χ4n) is 4.65. The van der Waals surface area contributed by atoms with E-state index in [-0.39, 0.29) is 28.1 Å². The third kappa shape index (κ3) is 4.35. The molecule has 1 N–H and O–H groups in total. The van der Waals surface area contributed by atoms with E-state index in [9.17, 15) is 31.9 Å². The van der Waals surface area contributed by atoms with Crippen LogP contribution in [-0.4, -0.2) is 38.2 Å². The monoisotopic (exact) mass is 507 g/mol. The van der Waals surface area contributed by atoms with Crippen molar-refractivity contribution in [3.05, 3.63) is 68.1 Å². The average Bonchev–Trinajstić information content (AvgIpc) is 3.19. The number of nitrogens with one attached hydrogen (secondary N) is 1. The van der Waals surface area contributed by atoms with Gasteiger partial charge in [-0.05, 0) is 26.3 Å². The number of fused-ring (bicyclic) bond motifs is 1. The first kappa shape index (κ1) is 25.4. The summed E-state index contributed by atoms with van der Waals surface area (Å²) in [6.45, 7) is 5.49. The molecule has 0 saturated carbocycles. The standard InChI is InChI=1S/C24H25F4N5O3/c1-13(15-6-5-7-18(20(15)25)24(26,27)28)29-21-17-11-33(23(3)8-9-32(12-23)14(2)34)19(35)10-16(17)22(36)31(4)30-21/h5-7,10-11,13H,8-9,12H2,1-4H3,(H,29,30)/t13-,23?/m1/s1. The minimum absolute atomic E-state index is 0.0537. The molecule has 1 saturated heterocycles. The number of likely N-dealkylation sites (tertiary alicyclic amines) is 1. The molecule has 2 aromatic heterocycles. The van der Waals surface area contributed by atoms with Crippen molar-refractivity contribution in [3.8, 4) is 0 Å². The van der Waals surface area contributed by atoms with Gasteiger partial charge in [0.15, 0.2) is 5.82 Å². The zero-order chi connectivity index (χ0) is 26.6. The van der Waals surface area contributed by atoms with E-state index < -0.39 is 40.3 Å². The van der Waals surface area contributed by atoms with Crippen molar-refractivity contribution in [3.63, 3.8) is 0 Å². The van der Waals surface area contributed by atoms with Crippen LogP contribution in [-0.2, 0) is 23.6 Å². The fraction of sp³-hybridized carbons (Fsp3) is 0.417. The third-order valence-electron chi connectivity index (χ3n) is 6.72. The lowest BCUT2D eigenvalue weighted by Crippen LogP contribution is -2.41. The molecule has 36 heavy (non-hydrogen) atoms. The van der Waals surface area contributed by atoms with Crippen LogP contribution in [0.1, 0.15) is 44.4 Å². The number of halogens is 4. The number of alkyl halides is 3. The summed E-state index contributed by atoms with van der Waals surface area (Å²) in [5, 5.41) is 7.41. The van der Waals surface area contributed by atoms with E-state index in [1.165, 1.54) is 43.8 Å². The number of anilines is 1. The molecule has 3 aromatic rings. The van der Waals surface area contributed by atoms with Crippen molar-refractivity contribution in [2.45, 2.75) is 44.9 Å². The van der Waals surface area contributed by atoms with E-state index in [1.54, 1.807) is 4.90 Å². The minimum Gasteiger partial charge on any atom is -0.361 e. The Bertz CT molecular complexity index is 1480. The van der Waals surface area contributed by atoms with Crippen molar-refractivity contribution in [2.24, 2.45) is 7.05 Å². The van der Waals surface area contributed by atoms with Crippen LogP contribution in [0.2, 0.25) is 0 Å². The van der Waals surface area contributed by atoms with Crippen LogP contribution in [0, 0.1) is 5.82 Å². The number of aromatic nitrogens is 3. The second-order valence-electron chi connectivity index (χ2n) is 9.35. The van der Waals surface area contributed by atoms with Crippen LogP contribution in [0.3, 0.4) is 0 Å². The summed E-state index contributed by atoms with van der Waals surface area (Å²) in [7, 11) is 1.37. The molecule has 1 amide bonds. The topological polar surface area (TPSA) is 89.2 Å². The highest BCUT2D eigenvalue weighted by molar-refractivity contribution is 5.90. The largest absolute Gasteiger partial charge is 0.419 e. The first-order valence-corrected chi connectivity index (χ1v) is 11.2. The van der Waals surface area contributed by atoms with Gasteiger partial charge < -0.3 is 14.8 Å². The van der Waals surface area contributed by atoms with E-state index in [0.717, 1.165) is 10.7 Å². The molecule has 0 radical (unpaired) electrons. The number of pyridine rings is 1. The second-order valence-corrected chi connectivity index (χ2v) is 9.35. The predicted molar refractivity (Wildman–Crippen MR) is 125 cm³/mol. The van der Waals surface area contributed by atoms with Gasteiger partial charge in [-0.25, -0.2) is 9.07 Å².